The van der Waals surface area contributed by atoms with Crippen LogP contribution in [0, 0.1) is 5.92 Å². The van der Waals surface area contributed by atoms with Crippen LogP contribution in [-0.4, -0.2) is 31.9 Å². The minimum Gasteiger partial charge on any atom is -0.481 e. The maximum atomic E-state index is 12.7. The molecule has 0 radical (unpaired) electrons. The van der Waals surface area contributed by atoms with E-state index in [1.807, 2.05) is 0 Å². The largest absolute Gasteiger partial charge is 0.481 e. The fourth-order valence-electron chi connectivity index (χ4n) is 1.91. The molecule has 0 saturated carbocycles. The van der Waals surface area contributed by atoms with Crippen molar-refractivity contribution in [3.8, 4) is 0 Å². The van der Waals surface area contributed by atoms with Crippen molar-refractivity contribution >= 4 is 27.8 Å². The Morgan fingerprint density at radius 2 is 1.89 bits per heavy atom. The zero-order chi connectivity index (χ0) is 14.2. The molecule has 0 aromatic heterocycles. The average Bonchev–Trinajstić information content (AvgIpc) is 2.70. The van der Waals surface area contributed by atoms with E-state index in [2.05, 4.69) is 0 Å². The van der Waals surface area contributed by atoms with E-state index in [1.54, 1.807) is 0 Å². The lowest BCUT2D eigenvalue weighted by atomic mass is 10.1. The second-order valence-corrected chi connectivity index (χ2v) is 5.52. The number of carbonyl (C=O) groups excluding carboxylic acids is 1. The molecular formula is C11H10FNO5S. The molecule has 1 unspecified atom stereocenters. The predicted octanol–water partition coefficient (Wildman–Crippen LogP) is 0.782. The predicted molar refractivity (Wildman–Crippen MR) is 62.8 cm³/mol. The van der Waals surface area contributed by atoms with Crippen LogP contribution < -0.4 is 4.90 Å². The van der Waals surface area contributed by atoms with E-state index >= 15 is 0 Å². The van der Waals surface area contributed by atoms with E-state index in [4.69, 9.17) is 5.11 Å². The molecular weight excluding hydrogens is 277 g/mol. The molecule has 102 valence electrons. The van der Waals surface area contributed by atoms with Crippen LogP contribution in [0.1, 0.15) is 6.42 Å². The highest BCUT2D eigenvalue weighted by molar-refractivity contribution is 7.86. The highest BCUT2D eigenvalue weighted by Crippen LogP contribution is 2.26. The lowest BCUT2D eigenvalue weighted by Gasteiger charge is -2.16. The normalized spacial score (nSPS) is 19.7. The van der Waals surface area contributed by atoms with Crippen molar-refractivity contribution in [2.45, 2.75) is 11.3 Å². The van der Waals surface area contributed by atoms with Crippen molar-refractivity contribution in [2.24, 2.45) is 5.92 Å². The summed E-state index contributed by atoms with van der Waals surface area (Å²) < 4.78 is 34.0. The van der Waals surface area contributed by atoms with E-state index in [0.29, 0.717) is 5.69 Å². The first-order chi connectivity index (χ1) is 8.79. The van der Waals surface area contributed by atoms with Crippen LogP contribution in [0.15, 0.2) is 29.2 Å². The van der Waals surface area contributed by atoms with Gasteiger partial charge in [0.15, 0.2) is 0 Å². The average molecular weight is 287 g/mol. The number of carboxylic acid groups (broad SMARTS) is 1. The van der Waals surface area contributed by atoms with Gasteiger partial charge in [-0.15, -0.1) is 3.89 Å². The molecule has 19 heavy (non-hydrogen) atoms. The summed E-state index contributed by atoms with van der Waals surface area (Å²) >= 11 is 0. The molecule has 8 heteroatoms. The topological polar surface area (TPSA) is 91.8 Å². The van der Waals surface area contributed by atoms with E-state index in [9.17, 15) is 21.9 Å². The Labute approximate surface area is 108 Å². The first-order valence-electron chi connectivity index (χ1n) is 5.37. The van der Waals surface area contributed by atoms with Crippen LogP contribution in [-0.2, 0) is 19.8 Å². The van der Waals surface area contributed by atoms with Gasteiger partial charge in [0.2, 0.25) is 5.91 Å². The molecule has 0 bridgehead atoms. The molecule has 1 aliphatic heterocycles. The van der Waals surface area contributed by atoms with Gasteiger partial charge in [-0.3, -0.25) is 9.59 Å². The van der Waals surface area contributed by atoms with E-state index in [0.717, 1.165) is 12.1 Å². The van der Waals surface area contributed by atoms with Gasteiger partial charge in [0, 0.05) is 18.7 Å². The van der Waals surface area contributed by atoms with Gasteiger partial charge >= 0.3 is 16.2 Å². The smallest absolute Gasteiger partial charge is 0.332 e. The monoisotopic (exact) mass is 287 g/mol. The number of hydrogen-bond donors (Lipinski definition) is 1. The van der Waals surface area contributed by atoms with Gasteiger partial charge in [0.25, 0.3) is 0 Å². The van der Waals surface area contributed by atoms with E-state index < -0.39 is 27.0 Å². The molecule has 0 aliphatic carbocycles. The lowest BCUT2D eigenvalue weighted by Crippen LogP contribution is -2.25. The molecule has 2 rings (SSSR count). The number of carbonyl (C=O) groups is 2. The van der Waals surface area contributed by atoms with Gasteiger partial charge < -0.3 is 10.0 Å². The summed E-state index contributed by atoms with van der Waals surface area (Å²) in [5.41, 5.74) is 0.348. The van der Waals surface area contributed by atoms with Crippen LogP contribution in [0.4, 0.5) is 9.57 Å². The zero-order valence-corrected chi connectivity index (χ0v) is 10.4. The van der Waals surface area contributed by atoms with E-state index in [1.165, 1.54) is 17.0 Å². The highest BCUT2D eigenvalue weighted by Gasteiger charge is 2.35. The number of carboxylic acids is 1. The molecule has 6 nitrogen and oxygen atoms in total. The second-order valence-electron chi connectivity index (χ2n) is 4.18. The number of halogens is 1. The van der Waals surface area contributed by atoms with Crippen LogP contribution in [0.2, 0.25) is 0 Å². The summed E-state index contributed by atoms with van der Waals surface area (Å²) in [6, 6.07) is 4.61. The Kier molecular flexibility index (Phi) is 3.27. The van der Waals surface area contributed by atoms with Crippen molar-refractivity contribution < 1.29 is 27.0 Å². The van der Waals surface area contributed by atoms with Crippen LogP contribution in [0.5, 0.6) is 0 Å². The van der Waals surface area contributed by atoms with Crippen LogP contribution in [0.3, 0.4) is 0 Å². The molecule has 1 heterocycles. The standard InChI is InChI=1S/C11H10FNO5S/c12-19(17,18)9-3-1-8(2-4-9)13-6-7(11(15)16)5-10(13)14/h1-4,7H,5-6H2,(H,15,16). The Hall–Kier alpha value is -1.96. The maximum Gasteiger partial charge on any atom is 0.332 e. The zero-order valence-electron chi connectivity index (χ0n) is 9.61. The van der Waals surface area contributed by atoms with Gasteiger partial charge in [0.1, 0.15) is 0 Å². The molecule has 1 N–H and O–H groups in total. The summed E-state index contributed by atoms with van der Waals surface area (Å²) in [5, 5.41) is 8.84. The molecule has 0 spiro atoms. The minimum absolute atomic E-state index is 0.0237. The second kappa shape index (κ2) is 4.61. The van der Waals surface area contributed by atoms with Gasteiger partial charge in [-0.05, 0) is 24.3 Å². The third-order valence-corrected chi connectivity index (χ3v) is 3.74. The summed E-state index contributed by atoms with van der Waals surface area (Å²) in [7, 11) is -4.78. The van der Waals surface area contributed by atoms with Gasteiger partial charge in [-0.1, -0.05) is 0 Å². The third kappa shape index (κ3) is 2.73. The Morgan fingerprint density at radius 1 is 1.32 bits per heavy atom. The molecule has 1 amide bonds. The Balaban J connectivity index is 2.24. The van der Waals surface area contributed by atoms with Crippen molar-refractivity contribution in [1.82, 2.24) is 0 Å². The van der Waals surface area contributed by atoms with Gasteiger partial charge in [0.05, 0.1) is 10.8 Å². The molecule has 1 fully saturated rings. The van der Waals surface area contributed by atoms with Gasteiger partial charge in [-0.25, -0.2) is 0 Å². The quantitative estimate of drug-likeness (QED) is 0.829. The van der Waals surface area contributed by atoms with Crippen molar-refractivity contribution in [3.05, 3.63) is 24.3 Å². The third-order valence-electron chi connectivity index (χ3n) is 2.90. The number of nitrogens with zero attached hydrogens (tertiary/aromatic N) is 1. The highest BCUT2D eigenvalue weighted by atomic mass is 32.3. The van der Waals surface area contributed by atoms with E-state index in [-0.39, 0.29) is 18.9 Å². The Bertz CT molecular complexity index is 625. The van der Waals surface area contributed by atoms with Gasteiger partial charge in [-0.2, -0.15) is 8.42 Å². The first kappa shape index (κ1) is 13.5. The summed E-state index contributed by atoms with van der Waals surface area (Å²) in [4.78, 5) is 23.2. The number of hydrogen-bond acceptors (Lipinski definition) is 4. The fraction of sp³-hybridized carbons (Fsp3) is 0.273. The molecule has 1 aromatic carbocycles. The first-order valence-corrected chi connectivity index (χ1v) is 6.75. The summed E-state index contributed by atoms with van der Waals surface area (Å²) in [6.45, 7) is 0.0237. The summed E-state index contributed by atoms with van der Waals surface area (Å²) in [6.07, 6.45) is -0.0987. The number of anilines is 1. The number of amides is 1. The summed E-state index contributed by atoms with van der Waals surface area (Å²) in [5.74, 6) is -2.20. The van der Waals surface area contributed by atoms with Crippen LogP contribution >= 0.6 is 0 Å². The SMILES string of the molecule is O=C(O)C1CC(=O)N(c2ccc(S(=O)(=O)F)cc2)C1. The van der Waals surface area contributed by atoms with Crippen molar-refractivity contribution in [1.29, 1.82) is 0 Å². The lowest BCUT2D eigenvalue weighted by molar-refractivity contribution is -0.141. The Morgan fingerprint density at radius 3 is 2.32 bits per heavy atom. The van der Waals surface area contributed by atoms with Crippen molar-refractivity contribution in [3.63, 3.8) is 0 Å². The fourth-order valence-corrected chi connectivity index (χ4v) is 2.37. The van der Waals surface area contributed by atoms with Crippen LogP contribution in [0.25, 0.3) is 0 Å². The molecule has 1 aliphatic rings. The number of aliphatic carboxylic acids is 1. The minimum atomic E-state index is -4.78. The van der Waals surface area contributed by atoms with Crippen molar-refractivity contribution in [2.75, 3.05) is 11.4 Å². The number of rotatable bonds is 3. The number of benzene rings is 1. The molecule has 1 aromatic rings. The maximum absolute atomic E-state index is 12.7. The molecule has 1 atom stereocenters. The molecule has 1 saturated heterocycles.